The molecule has 6 heteroatoms. The van der Waals surface area contributed by atoms with Crippen molar-refractivity contribution >= 4 is 52.0 Å². The quantitative estimate of drug-likeness (QED) is 0.607. The Kier molecular flexibility index (Phi) is 3.59. The molecule has 0 radical (unpaired) electrons. The zero-order chi connectivity index (χ0) is 12.8. The summed E-state index contributed by atoms with van der Waals surface area (Å²) in [5.41, 5.74) is 0.587. The Labute approximate surface area is 121 Å². The summed E-state index contributed by atoms with van der Waals surface area (Å²) in [6.07, 6.45) is -0.139. The highest BCUT2D eigenvalue weighted by molar-refractivity contribution is 7.80. The van der Waals surface area contributed by atoms with Gasteiger partial charge in [0.05, 0.1) is 25.6 Å². The molecular weight excluding hydrogens is 299 g/mol. The zero-order valence-corrected chi connectivity index (χ0v) is 12.4. The van der Waals surface area contributed by atoms with Crippen molar-refractivity contribution < 1.29 is 0 Å². The van der Waals surface area contributed by atoms with Crippen molar-refractivity contribution in [3.8, 4) is 0 Å². The van der Waals surface area contributed by atoms with Crippen molar-refractivity contribution in [3.05, 3.63) is 32.8 Å². The van der Waals surface area contributed by atoms with Gasteiger partial charge in [0.25, 0.3) is 0 Å². The van der Waals surface area contributed by atoms with Gasteiger partial charge in [-0.15, -0.1) is 0 Å². The predicted molar refractivity (Wildman–Crippen MR) is 77.2 cm³/mol. The Morgan fingerprint density at radius 3 is 2.35 bits per heavy atom. The first-order valence-electron chi connectivity index (χ1n) is 5.05. The molecule has 0 amide bonds. The summed E-state index contributed by atoms with van der Waals surface area (Å²) in [6.45, 7) is 4.02. The SMILES string of the molecule is CC1(C)NC(c2ccc(Cl)c(Cl)c2Cl)NC1=S. The molecule has 2 rings (SSSR count). The molecule has 1 atom stereocenters. The summed E-state index contributed by atoms with van der Waals surface area (Å²) in [6, 6.07) is 3.56. The highest BCUT2D eigenvalue weighted by Crippen LogP contribution is 2.36. The number of benzene rings is 1. The molecule has 1 aliphatic heterocycles. The number of hydrogen-bond acceptors (Lipinski definition) is 2. The van der Waals surface area contributed by atoms with Crippen LogP contribution < -0.4 is 10.6 Å². The minimum absolute atomic E-state index is 0.139. The molecule has 1 aliphatic rings. The first-order valence-corrected chi connectivity index (χ1v) is 6.59. The van der Waals surface area contributed by atoms with Crippen molar-refractivity contribution in [1.29, 1.82) is 0 Å². The third-order valence-electron chi connectivity index (χ3n) is 2.72. The lowest BCUT2D eigenvalue weighted by atomic mass is 10.1. The maximum absolute atomic E-state index is 6.18. The largest absolute Gasteiger partial charge is 0.359 e. The van der Waals surface area contributed by atoms with Crippen molar-refractivity contribution in [2.24, 2.45) is 0 Å². The molecule has 92 valence electrons. The van der Waals surface area contributed by atoms with Gasteiger partial charge in [-0.05, 0) is 19.9 Å². The molecule has 1 fully saturated rings. The van der Waals surface area contributed by atoms with Crippen LogP contribution in [0.15, 0.2) is 12.1 Å². The molecule has 1 saturated heterocycles. The summed E-state index contributed by atoms with van der Waals surface area (Å²) < 4.78 is 0. The van der Waals surface area contributed by atoms with Crippen LogP contribution in [0, 0.1) is 0 Å². The fourth-order valence-corrected chi connectivity index (χ4v) is 2.52. The van der Waals surface area contributed by atoms with Crippen LogP contribution in [0.5, 0.6) is 0 Å². The van der Waals surface area contributed by atoms with Gasteiger partial charge in [-0.25, -0.2) is 0 Å². The first-order chi connectivity index (χ1) is 7.83. The van der Waals surface area contributed by atoms with E-state index in [4.69, 9.17) is 47.0 Å². The van der Waals surface area contributed by atoms with E-state index in [1.807, 2.05) is 19.9 Å². The topological polar surface area (TPSA) is 24.1 Å². The molecule has 17 heavy (non-hydrogen) atoms. The predicted octanol–water partition coefficient (Wildman–Crippen LogP) is 3.94. The number of rotatable bonds is 1. The Morgan fingerprint density at radius 1 is 1.18 bits per heavy atom. The normalized spacial score (nSPS) is 22.6. The zero-order valence-electron chi connectivity index (χ0n) is 9.27. The van der Waals surface area contributed by atoms with Gasteiger partial charge in [0.1, 0.15) is 6.17 Å². The van der Waals surface area contributed by atoms with E-state index in [1.165, 1.54) is 0 Å². The van der Waals surface area contributed by atoms with Gasteiger partial charge < -0.3 is 5.32 Å². The lowest BCUT2D eigenvalue weighted by Gasteiger charge is -2.19. The molecule has 0 bridgehead atoms. The summed E-state index contributed by atoms with van der Waals surface area (Å²) in [4.78, 5) is 0.754. The van der Waals surface area contributed by atoms with Crippen molar-refractivity contribution in [2.75, 3.05) is 0 Å². The smallest absolute Gasteiger partial charge is 0.106 e. The Balaban J connectivity index is 2.38. The molecule has 2 nitrogen and oxygen atoms in total. The third kappa shape index (κ3) is 2.40. The first kappa shape index (κ1) is 13.4. The standard InChI is InChI=1S/C11H11Cl3N2S/c1-11(2)10(17)15-9(16-11)5-3-4-6(12)8(14)7(5)13/h3-4,9,16H,1-2H3,(H,15,17). The summed E-state index contributed by atoms with van der Waals surface area (Å²) in [5, 5.41) is 7.79. The fraction of sp³-hybridized carbons (Fsp3) is 0.364. The Morgan fingerprint density at radius 2 is 1.82 bits per heavy atom. The molecule has 0 aromatic heterocycles. The van der Waals surface area contributed by atoms with E-state index in [0.717, 1.165) is 10.6 Å². The molecule has 2 N–H and O–H groups in total. The van der Waals surface area contributed by atoms with Crippen molar-refractivity contribution in [1.82, 2.24) is 10.6 Å². The van der Waals surface area contributed by atoms with E-state index in [9.17, 15) is 0 Å². The molecule has 0 saturated carbocycles. The van der Waals surface area contributed by atoms with Crippen LogP contribution in [0.2, 0.25) is 15.1 Å². The van der Waals surface area contributed by atoms with Gasteiger partial charge in [-0.3, -0.25) is 5.32 Å². The van der Waals surface area contributed by atoms with Gasteiger partial charge in [0.2, 0.25) is 0 Å². The van der Waals surface area contributed by atoms with Crippen LogP contribution in [0.3, 0.4) is 0 Å². The lowest BCUT2D eigenvalue weighted by Crippen LogP contribution is -2.38. The van der Waals surface area contributed by atoms with Gasteiger partial charge >= 0.3 is 0 Å². The number of thiocarbonyl (C=S) groups is 1. The third-order valence-corrected chi connectivity index (χ3v) is 4.66. The average Bonchev–Trinajstić information content (AvgIpc) is 2.50. The molecule has 0 spiro atoms. The summed E-state index contributed by atoms with van der Waals surface area (Å²) >= 11 is 23.3. The fourth-order valence-electron chi connectivity index (χ4n) is 1.69. The molecule has 0 aliphatic carbocycles. The van der Waals surface area contributed by atoms with Crippen LogP contribution in [0.1, 0.15) is 25.6 Å². The van der Waals surface area contributed by atoms with E-state index in [0.29, 0.717) is 15.1 Å². The molecule has 1 heterocycles. The van der Waals surface area contributed by atoms with E-state index >= 15 is 0 Å². The Hall–Kier alpha value is -0.0600. The van der Waals surface area contributed by atoms with Crippen LogP contribution in [-0.4, -0.2) is 10.5 Å². The molecule has 1 unspecified atom stereocenters. The Bertz CT molecular complexity index is 488. The minimum Gasteiger partial charge on any atom is -0.359 e. The van der Waals surface area contributed by atoms with Crippen LogP contribution in [0.4, 0.5) is 0 Å². The number of halogens is 3. The van der Waals surface area contributed by atoms with Crippen LogP contribution in [-0.2, 0) is 0 Å². The molecule has 1 aromatic rings. The average molecular weight is 310 g/mol. The van der Waals surface area contributed by atoms with E-state index in [2.05, 4.69) is 10.6 Å². The highest BCUT2D eigenvalue weighted by Gasteiger charge is 2.36. The van der Waals surface area contributed by atoms with E-state index < -0.39 is 0 Å². The maximum Gasteiger partial charge on any atom is 0.106 e. The minimum atomic E-state index is -0.255. The summed E-state index contributed by atoms with van der Waals surface area (Å²) in [7, 11) is 0. The van der Waals surface area contributed by atoms with Gasteiger partial charge in [0.15, 0.2) is 0 Å². The number of hydrogen-bond donors (Lipinski definition) is 2. The highest BCUT2D eigenvalue weighted by atomic mass is 35.5. The lowest BCUT2D eigenvalue weighted by molar-refractivity contribution is 0.474. The second kappa shape index (κ2) is 4.56. The van der Waals surface area contributed by atoms with Crippen LogP contribution in [0.25, 0.3) is 0 Å². The van der Waals surface area contributed by atoms with E-state index in [-0.39, 0.29) is 11.7 Å². The maximum atomic E-state index is 6.18. The molecular formula is C11H11Cl3N2S. The van der Waals surface area contributed by atoms with Crippen molar-refractivity contribution in [2.45, 2.75) is 25.6 Å². The van der Waals surface area contributed by atoms with Crippen LogP contribution >= 0.6 is 47.0 Å². The monoisotopic (exact) mass is 308 g/mol. The van der Waals surface area contributed by atoms with Crippen molar-refractivity contribution in [3.63, 3.8) is 0 Å². The van der Waals surface area contributed by atoms with Gasteiger partial charge in [-0.1, -0.05) is 53.1 Å². The second-order valence-corrected chi connectivity index (χ2v) is 6.01. The van der Waals surface area contributed by atoms with Gasteiger partial charge in [-0.2, -0.15) is 0 Å². The molecule has 1 aromatic carbocycles. The van der Waals surface area contributed by atoms with E-state index in [1.54, 1.807) is 6.07 Å². The number of nitrogens with one attached hydrogen (secondary N) is 2. The summed E-state index contributed by atoms with van der Waals surface area (Å²) in [5.74, 6) is 0. The van der Waals surface area contributed by atoms with Gasteiger partial charge in [0, 0.05) is 5.56 Å². The second-order valence-electron chi connectivity index (χ2n) is 4.44.